The maximum atomic E-state index is 14.7. The fourth-order valence-electron chi connectivity index (χ4n) is 4.10. The first-order valence-electron chi connectivity index (χ1n) is 11.9. The largest absolute Gasteiger partial charge is 0.473 e. The third-order valence-corrected chi connectivity index (χ3v) is 7.72. The summed E-state index contributed by atoms with van der Waals surface area (Å²) in [5.74, 6) is 0.203. The lowest BCUT2D eigenvalue weighted by atomic mass is 9.75. The van der Waals surface area contributed by atoms with Gasteiger partial charge in [0, 0.05) is 36.3 Å². The molecule has 35 heavy (non-hydrogen) atoms. The van der Waals surface area contributed by atoms with Crippen molar-refractivity contribution in [1.82, 2.24) is 9.97 Å². The van der Waals surface area contributed by atoms with Gasteiger partial charge in [-0.25, -0.2) is 9.37 Å². The summed E-state index contributed by atoms with van der Waals surface area (Å²) >= 11 is 0. The van der Waals surface area contributed by atoms with Crippen LogP contribution < -0.4 is 4.74 Å². The summed E-state index contributed by atoms with van der Waals surface area (Å²) in [4.78, 5) is 18.1. The number of nitrogens with zero attached hydrogens (tertiary/aromatic N) is 2. The number of hydrogen-bond acceptors (Lipinski definition) is 4. The van der Waals surface area contributed by atoms with Crippen LogP contribution in [0.4, 0.5) is 4.39 Å². The Bertz CT molecular complexity index is 1230. The first kappa shape index (κ1) is 27.0. The minimum absolute atomic E-state index is 0.0236. The van der Waals surface area contributed by atoms with Crippen molar-refractivity contribution in [2.45, 2.75) is 60.0 Å². The van der Waals surface area contributed by atoms with E-state index in [1.807, 2.05) is 38.1 Å². The predicted octanol–water partition coefficient (Wildman–Crippen LogP) is 7.32. The predicted molar refractivity (Wildman–Crippen MR) is 140 cm³/mol. The highest BCUT2D eigenvalue weighted by atomic mass is 31.2. The maximum Gasteiger partial charge on any atom is 0.213 e. The molecule has 2 unspecified atom stereocenters. The Hall–Kier alpha value is -2.56. The number of aromatic nitrogens is 2. The molecule has 3 aromatic rings. The number of halogens is 1. The number of aryl methyl sites for hydroxylation is 1. The van der Waals surface area contributed by atoms with Crippen molar-refractivity contribution >= 4 is 7.37 Å². The van der Waals surface area contributed by atoms with Gasteiger partial charge in [-0.15, -0.1) is 0 Å². The third-order valence-electron chi connectivity index (χ3n) is 6.49. The number of hydrogen-bond donors (Lipinski definition) is 1. The van der Waals surface area contributed by atoms with E-state index in [1.54, 1.807) is 12.3 Å². The van der Waals surface area contributed by atoms with Gasteiger partial charge in [-0.3, -0.25) is 9.55 Å². The highest BCUT2D eigenvalue weighted by molar-refractivity contribution is 7.57. The van der Waals surface area contributed by atoms with Crippen LogP contribution in [0.1, 0.15) is 68.8 Å². The summed E-state index contributed by atoms with van der Waals surface area (Å²) in [6.45, 7) is 14.2. The zero-order valence-electron chi connectivity index (χ0n) is 21.7. The minimum atomic E-state index is -3.12. The lowest BCUT2D eigenvalue weighted by Crippen LogP contribution is -2.17. The average molecular weight is 499 g/mol. The van der Waals surface area contributed by atoms with Gasteiger partial charge in [0.1, 0.15) is 12.4 Å². The highest BCUT2D eigenvalue weighted by Crippen LogP contribution is 2.42. The molecule has 0 aliphatic carbocycles. The fourth-order valence-corrected chi connectivity index (χ4v) is 5.33. The van der Waals surface area contributed by atoms with E-state index < -0.39 is 7.37 Å². The lowest BCUT2D eigenvalue weighted by molar-refractivity contribution is 0.292. The van der Waals surface area contributed by atoms with E-state index in [4.69, 9.17) is 4.74 Å². The van der Waals surface area contributed by atoms with Gasteiger partial charge in [-0.05, 0) is 58.6 Å². The summed E-state index contributed by atoms with van der Waals surface area (Å²) in [5, 5.41) is 0. The molecule has 7 heteroatoms. The summed E-state index contributed by atoms with van der Waals surface area (Å²) in [6, 6.07) is 11.5. The van der Waals surface area contributed by atoms with Gasteiger partial charge < -0.3 is 9.63 Å². The van der Waals surface area contributed by atoms with Crippen molar-refractivity contribution in [2.75, 3.05) is 12.8 Å². The first-order chi connectivity index (χ1) is 16.2. The molecule has 0 amide bonds. The molecule has 2 heterocycles. The molecule has 2 aromatic heterocycles. The number of benzene rings is 1. The monoisotopic (exact) mass is 498 g/mol. The summed E-state index contributed by atoms with van der Waals surface area (Å²) in [7, 11) is -3.12. The Morgan fingerprint density at radius 1 is 1.09 bits per heavy atom. The van der Waals surface area contributed by atoms with E-state index in [1.165, 1.54) is 12.9 Å². The van der Waals surface area contributed by atoms with Gasteiger partial charge >= 0.3 is 0 Å². The molecule has 0 saturated heterocycles. The van der Waals surface area contributed by atoms with Gasteiger partial charge in [0.05, 0.1) is 6.20 Å². The molecule has 0 aliphatic rings. The van der Waals surface area contributed by atoms with Gasteiger partial charge in [0.25, 0.3) is 0 Å². The van der Waals surface area contributed by atoms with E-state index >= 15 is 0 Å². The van der Waals surface area contributed by atoms with Gasteiger partial charge in [-0.1, -0.05) is 52.8 Å². The molecular formula is C28H36FN2O3P. The Morgan fingerprint density at radius 3 is 2.46 bits per heavy atom. The molecule has 0 fully saturated rings. The van der Waals surface area contributed by atoms with Crippen LogP contribution in [0.2, 0.25) is 0 Å². The second-order valence-corrected chi connectivity index (χ2v) is 13.1. The van der Waals surface area contributed by atoms with Crippen LogP contribution in [0.5, 0.6) is 5.88 Å². The summed E-state index contributed by atoms with van der Waals surface area (Å²) < 4.78 is 32.5. The molecule has 0 bridgehead atoms. The second-order valence-electron chi connectivity index (χ2n) is 10.7. The van der Waals surface area contributed by atoms with Crippen molar-refractivity contribution in [3.05, 3.63) is 77.0 Å². The number of pyridine rings is 2. The molecule has 5 nitrogen and oxygen atoms in total. The smallest absolute Gasteiger partial charge is 0.213 e. The third kappa shape index (κ3) is 7.22. The Balaban J connectivity index is 1.90. The van der Waals surface area contributed by atoms with Crippen LogP contribution >= 0.6 is 7.37 Å². The van der Waals surface area contributed by atoms with Crippen molar-refractivity contribution in [3.63, 3.8) is 0 Å². The average Bonchev–Trinajstić information content (AvgIpc) is 2.77. The molecular weight excluding hydrogens is 462 g/mol. The van der Waals surface area contributed by atoms with Crippen LogP contribution in [0.3, 0.4) is 0 Å². The van der Waals surface area contributed by atoms with E-state index in [2.05, 4.69) is 43.7 Å². The fraction of sp³-hybridized carbons (Fsp3) is 0.429. The molecule has 0 aliphatic heterocycles. The molecule has 3 rings (SSSR count). The maximum absolute atomic E-state index is 14.7. The van der Waals surface area contributed by atoms with Crippen LogP contribution in [0.15, 0.2) is 48.8 Å². The quantitative estimate of drug-likeness (QED) is 0.329. The van der Waals surface area contributed by atoms with Crippen molar-refractivity contribution < 1.29 is 18.6 Å². The molecule has 1 aromatic carbocycles. The van der Waals surface area contributed by atoms with Gasteiger partial charge in [0.15, 0.2) is 7.37 Å². The summed E-state index contributed by atoms with van der Waals surface area (Å²) in [6.07, 6.45) is 3.14. The van der Waals surface area contributed by atoms with E-state index in [9.17, 15) is 13.8 Å². The zero-order valence-corrected chi connectivity index (χ0v) is 22.6. The van der Waals surface area contributed by atoms with E-state index in [0.29, 0.717) is 18.1 Å². The van der Waals surface area contributed by atoms with Crippen molar-refractivity contribution in [2.24, 2.45) is 5.41 Å². The highest BCUT2D eigenvalue weighted by Gasteiger charge is 2.26. The Morgan fingerprint density at radius 2 is 1.80 bits per heavy atom. The molecule has 3 atom stereocenters. The lowest BCUT2D eigenvalue weighted by Gasteiger charge is -2.30. The van der Waals surface area contributed by atoms with Gasteiger partial charge in [-0.2, -0.15) is 0 Å². The SMILES string of the molecule is Cc1cc(-c2ccc(COc3cc(C(C)CP(C)(=O)O)ccn3)cc2[C@@H](C)C(C)(C)C)c(F)cn1. The topological polar surface area (TPSA) is 72.3 Å². The second kappa shape index (κ2) is 10.6. The molecule has 0 radical (unpaired) electrons. The van der Waals surface area contributed by atoms with Crippen LogP contribution in [-0.4, -0.2) is 27.7 Å². The standard InChI is InChI=1S/C28H36FN2O3P/c1-18(17-35(7,32)33)22-10-11-30-27(14-22)34-16-21-8-9-23(24(13-21)20(3)28(4,5)6)25-12-19(2)31-15-26(25)29/h8-15,18,20H,16-17H2,1-7H3,(H,32,33)/t18?,20-/m1/s1. The molecule has 0 saturated carbocycles. The van der Waals surface area contributed by atoms with Gasteiger partial charge in [0.2, 0.25) is 5.88 Å². The molecule has 1 N–H and O–H groups in total. The Kier molecular flexibility index (Phi) is 8.18. The molecule has 0 spiro atoms. The van der Waals surface area contributed by atoms with Crippen LogP contribution in [0.25, 0.3) is 11.1 Å². The van der Waals surface area contributed by atoms with Crippen molar-refractivity contribution in [3.8, 4) is 17.0 Å². The van der Waals surface area contributed by atoms with Crippen LogP contribution in [-0.2, 0) is 11.2 Å². The first-order valence-corrected chi connectivity index (χ1v) is 14.2. The van der Waals surface area contributed by atoms with Crippen molar-refractivity contribution in [1.29, 1.82) is 0 Å². The zero-order chi connectivity index (χ0) is 26.0. The Labute approximate surface area is 208 Å². The number of rotatable bonds is 8. The molecule has 188 valence electrons. The van der Waals surface area contributed by atoms with E-state index in [-0.39, 0.29) is 29.2 Å². The van der Waals surface area contributed by atoms with E-state index in [0.717, 1.165) is 27.9 Å². The normalized spacial score (nSPS) is 15.3. The van der Waals surface area contributed by atoms with Crippen LogP contribution in [0, 0.1) is 18.2 Å². The summed E-state index contributed by atoms with van der Waals surface area (Å²) in [5.41, 5.74) is 5.08. The minimum Gasteiger partial charge on any atom is -0.473 e. The number of ether oxygens (including phenoxy) is 1.